The highest BCUT2D eigenvalue weighted by Gasteiger charge is 2.48. The number of hydrogen-bond donors (Lipinski definition) is 0. The zero-order valence-electron chi connectivity index (χ0n) is 13.4. The SMILES string of the molecule is CC12CC3CC(CC(C3)C1)C2.CCC(C)(C)CC. The van der Waals surface area contributed by atoms with E-state index in [1.165, 1.54) is 12.8 Å². The third kappa shape index (κ3) is 3.31. The van der Waals surface area contributed by atoms with Crippen molar-refractivity contribution in [2.24, 2.45) is 28.6 Å². The van der Waals surface area contributed by atoms with Gasteiger partial charge in [-0.1, -0.05) is 47.5 Å². The Bertz CT molecular complexity index is 232. The summed E-state index contributed by atoms with van der Waals surface area (Å²) in [6.07, 6.45) is 12.1. The predicted octanol–water partition coefficient (Wildman–Crippen LogP) is 6.06. The fourth-order valence-electron chi connectivity index (χ4n) is 4.79. The van der Waals surface area contributed by atoms with Crippen molar-refractivity contribution in [3.05, 3.63) is 0 Å². The van der Waals surface area contributed by atoms with Crippen LogP contribution in [0, 0.1) is 28.6 Å². The third-order valence-electron chi connectivity index (χ3n) is 6.26. The highest BCUT2D eigenvalue weighted by molar-refractivity contribution is 4.99. The Balaban J connectivity index is 0.000000152. The van der Waals surface area contributed by atoms with Crippen LogP contribution in [0.15, 0.2) is 0 Å². The van der Waals surface area contributed by atoms with Crippen molar-refractivity contribution in [3.63, 3.8) is 0 Å². The molecule has 106 valence electrons. The van der Waals surface area contributed by atoms with Gasteiger partial charge in [-0.2, -0.15) is 0 Å². The van der Waals surface area contributed by atoms with Crippen LogP contribution in [0.3, 0.4) is 0 Å². The molecule has 4 aliphatic rings. The maximum atomic E-state index is 2.54. The average molecular weight is 250 g/mol. The fraction of sp³-hybridized carbons (Fsp3) is 1.00. The van der Waals surface area contributed by atoms with Gasteiger partial charge in [-0.05, 0) is 67.1 Å². The van der Waals surface area contributed by atoms with Crippen LogP contribution in [0.2, 0.25) is 0 Å². The lowest BCUT2D eigenvalue weighted by Crippen LogP contribution is -2.44. The first-order valence-corrected chi connectivity index (χ1v) is 8.36. The van der Waals surface area contributed by atoms with Crippen LogP contribution < -0.4 is 0 Å². The van der Waals surface area contributed by atoms with Gasteiger partial charge in [0.05, 0.1) is 0 Å². The fourth-order valence-corrected chi connectivity index (χ4v) is 4.79. The maximum Gasteiger partial charge on any atom is -0.0318 e. The smallest absolute Gasteiger partial charge is 0.0318 e. The highest BCUT2D eigenvalue weighted by atomic mass is 14.5. The first-order valence-electron chi connectivity index (χ1n) is 8.36. The molecule has 0 heteroatoms. The lowest BCUT2D eigenvalue weighted by molar-refractivity contribution is -0.0411. The molecule has 0 nitrogen and oxygen atoms in total. The van der Waals surface area contributed by atoms with E-state index < -0.39 is 0 Å². The zero-order chi connectivity index (χ0) is 13.4. The number of rotatable bonds is 2. The molecule has 4 fully saturated rings. The summed E-state index contributed by atoms with van der Waals surface area (Å²) in [4.78, 5) is 0. The van der Waals surface area contributed by atoms with Gasteiger partial charge in [0.25, 0.3) is 0 Å². The summed E-state index contributed by atoms with van der Waals surface area (Å²) in [5.74, 6) is 3.43. The predicted molar refractivity (Wildman–Crippen MR) is 80.6 cm³/mol. The minimum atomic E-state index is 0.583. The molecule has 4 rings (SSSR count). The molecule has 0 aromatic rings. The maximum absolute atomic E-state index is 2.54. The van der Waals surface area contributed by atoms with E-state index in [0.717, 1.165) is 23.2 Å². The molecule has 0 aliphatic heterocycles. The van der Waals surface area contributed by atoms with Crippen LogP contribution in [-0.2, 0) is 0 Å². The van der Waals surface area contributed by atoms with Gasteiger partial charge in [-0.15, -0.1) is 0 Å². The van der Waals surface area contributed by atoms with Gasteiger partial charge in [0.2, 0.25) is 0 Å². The van der Waals surface area contributed by atoms with Crippen molar-refractivity contribution < 1.29 is 0 Å². The molecule has 0 atom stereocenters. The summed E-state index contributed by atoms with van der Waals surface area (Å²) in [6, 6.07) is 0. The first-order chi connectivity index (χ1) is 8.36. The molecule has 0 amide bonds. The van der Waals surface area contributed by atoms with E-state index in [2.05, 4.69) is 34.6 Å². The van der Waals surface area contributed by atoms with E-state index >= 15 is 0 Å². The van der Waals surface area contributed by atoms with E-state index in [-0.39, 0.29) is 0 Å². The molecule has 0 radical (unpaired) electrons. The summed E-state index contributed by atoms with van der Waals surface area (Å²) in [7, 11) is 0. The second kappa shape index (κ2) is 5.17. The lowest BCUT2D eigenvalue weighted by atomic mass is 9.50. The van der Waals surface area contributed by atoms with E-state index in [1.807, 2.05) is 0 Å². The van der Waals surface area contributed by atoms with Crippen molar-refractivity contribution in [2.75, 3.05) is 0 Å². The molecule has 0 aromatic carbocycles. The van der Waals surface area contributed by atoms with E-state index in [9.17, 15) is 0 Å². The second-order valence-corrected chi connectivity index (χ2v) is 8.60. The average Bonchev–Trinajstić information content (AvgIpc) is 2.26. The molecule has 4 saturated carbocycles. The summed E-state index contributed by atoms with van der Waals surface area (Å²) >= 11 is 0. The summed E-state index contributed by atoms with van der Waals surface area (Å²) in [6.45, 7) is 11.6. The Morgan fingerprint density at radius 1 is 0.833 bits per heavy atom. The monoisotopic (exact) mass is 250 g/mol. The summed E-state index contributed by atoms with van der Waals surface area (Å²) < 4.78 is 0. The van der Waals surface area contributed by atoms with Crippen LogP contribution in [0.4, 0.5) is 0 Å². The lowest BCUT2D eigenvalue weighted by Gasteiger charge is -2.55. The molecular formula is C18H34. The van der Waals surface area contributed by atoms with Crippen LogP contribution in [0.25, 0.3) is 0 Å². The third-order valence-corrected chi connectivity index (χ3v) is 6.26. The van der Waals surface area contributed by atoms with E-state index in [0.29, 0.717) is 5.41 Å². The Hall–Kier alpha value is 0. The van der Waals surface area contributed by atoms with Crippen LogP contribution in [0.1, 0.15) is 86.0 Å². The normalized spacial score (nSPS) is 41.5. The van der Waals surface area contributed by atoms with Crippen molar-refractivity contribution in [3.8, 4) is 0 Å². The van der Waals surface area contributed by atoms with Crippen molar-refractivity contribution >= 4 is 0 Å². The Kier molecular flexibility index (Phi) is 4.14. The van der Waals surface area contributed by atoms with Gasteiger partial charge in [0.15, 0.2) is 0 Å². The van der Waals surface area contributed by atoms with Gasteiger partial charge in [0.1, 0.15) is 0 Å². The summed E-state index contributed by atoms with van der Waals surface area (Å²) in [5.41, 5.74) is 1.38. The quantitative estimate of drug-likeness (QED) is 0.559. The first kappa shape index (κ1) is 14.4. The highest BCUT2D eigenvalue weighted by Crippen LogP contribution is 2.59. The van der Waals surface area contributed by atoms with Gasteiger partial charge in [0, 0.05) is 0 Å². The minimum Gasteiger partial charge on any atom is -0.0649 e. The zero-order valence-corrected chi connectivity index (χ0v) is 13.4. The molecule has 0 spiro atoms. The van der Waals surface area contributed by atoms with Gasteiger partial charge in [-0.25, -0.2) is 0 Å². The standard InChI is InChI=1S/C11H18.C7H16/c1-11-5-8-2-9(6-11)4-10(3-8)7-11;1-5-7(3,4)6-2/h8-10H,2-7H2,1H3;5-6H2,1-4H3. The van der Waals surface area contributed by atoms with Crippen molar-refractivity contribution in [1.29, 1.82) is 0 Å². The Labute approximate surface area is 115 Å². The molecule has 18 heavy (non-hydrogen) atoms. The van der Waals surface area contributed by atoms with Crippen molar-refractivity contribution in [1.82, 2.24) is 0 Å². The molecule has 0 N–H and O–H groups in total. The van der Waals surface area contributed by atoms with Gasteiger partial charge < -0.3 is 0 Å². The molecule has 0 saturated heterocycles. The van der Waals surface area contributed by atoms with Gasteiger partial charge >= 0.3 is 0 Å². The van der Waals surface area contributed by atoms with Crippen LogP contribution >= 0.6 is 0 Å². The molecule has 0 unspecified atom stereocenters. The molecule has 0 aromatic heterocycles. The van der Waals surface area contributed by atoms with Crippen LogP contribution in [-0.4, -0.2) is 0 Å². The molecule has 4 aliphatic carbocycles. The summed E-state index contributed by atoms with van der Waals surface area (Å²) in [5, 5.41) is 0. The Morgan fingerprint density at radius 2 is 1.17 bits per heavy atom. The minimum absolute atomic E-state index is 0.583. The largest absolute Gasteiger partial charge is 0.0649 e. The molecule has 4 bridgehead atoms. The molecular weight excluding hydrogens is 216 g/mol. The topological polar surface area (TPSA) is 0 Å². The Morgan fingerprint density at radius 3 is 1.33 bits per heavy atom. The van der Waals surface area contributed by atoms with Crippen molar-refractivity contribution in [2.45, 2.75) is 86.0 Å². The van der Waals surface area contributed by atoms with Gasteiger partial charge in [-0.3, -0.25) is 0 Å². The van der Waals surface area contributed by atoms with E-state index in [4.69, 9.17) is 0 Å². The second-order valence-electron chi connectivity index (χ2n) is 8.60. The molecule has 0 heterocycles. The number of hydrogen-bond acceptors (Lipinski definition) is 0. The van der Waals surface area contributed by atoms with E-state index in [1.54, 1.807) is 38.5 Å². The van der Waals surface area contributed by atoms with Crippen LogP contribution in [0.5, 0.6) is 0 Å².